The molecule has 1 unspecified atom stereocenters. The first-order valence-electron chi connectivity index (χ1n) is 9.38. The molecule has 9 nitrogen and oxygen atoms in total. The summed E-state index contributed by atoms with van der Waals surface area (Å²) in [4.78, 5) is 28.8. The van der Waals surface area contributed by atoms with Gasteiger partial charge in [0.1, 0.15) is 5.01 Å². The molecule has 1 heterocycles. The average molecular weight is 490 g/mol. The van der Waals surface area contributed by atoms with Crippen LogP contribution in [0.4, 0.5) is 5.69 Å². The number of thiazole rings is 1. The Hall–Kier alpha value is -2.05. The van der Waals surface area contributed by atoms with Crippen molar-refractivity contribution >= 4 is 50.5 Å². The van der Waals surface area contributed by atoms with E-state index in [1.54, 1.807) is 13.8 Å². The monoisotopic (exact) mass is 489 g/mol. The second kappa shape index (κ2) is 11.0. The molecule has 1 atom stereocenters. The van der Waals surface area contributed by atoms with Crippen molar-refractivity contribution in [1.82, 2.24) is 9.29 Å². The van der Waals surface area contributed by atoms with E-state index >= 15 is 0 Å². The first kappa shape index (κ1) is 25.2. The molecule has 0 fully saturated rings. The minimum atomic E-state index is -3.73. The zero-order chi connectivity index (χ0) is 23.2. The Labute approximate surface area is 190 Å². The summed E-state index contributed by atoms with van der Waals surface area (Å²) in [7, 11) is -2.22. The number of benzene rings is 1. The Bertz CT molecular complexity index is 1040. The molecule has 31 heavy (non-hydrogen) atoms. The van der Waals surface area contributed by atoms with Crippen molar-refractivity contribution in [2.45, 2.75) is 38.4 Å². The van der Waals surface area contributed by atoms with E-state index in [2.05, 4.69) is 10.3 Å². The number of nitrogens with one attached hydrogen (secondary N) is 1. The van der Waals surface area contributed by atoms with Crippen molar-refractivity contribution in [2.24, 2.45) is 0 Å². The van der Waals surface area contributed by atoms with Crippen molar-refractivity contribution in [2.75, 3.05) is 25.5 Å². The fourth-order valence-electron chi connectivity index (χ4n) is 2.58. The van der Waals surface area contributed by atoms with Crippen molar-refractivity contribution in [1.29, 1.82) is 0 Å². The maximum atomic E-state index is 12.7. The number of anilines is 1. The highest BCUT2D eigenvalue weighted by Crippen LogP contribution is 2.27. The molecule has 1 amide bonds. The third-order valence-electron chi connectivity index (χ3n) is 4.22. The summed E-state index contributed by atoms with van der Waals surface area (Å²) < 4.78 is 36.8. The Morgan fingerprint density at radius 3 is 2.58 bits per heavy atom. The lowest BCUT2D eigenvalue weighted by atomic mass is 10.3. The first-order valence-corrected chi connectivity index (χ1v) is 12.1. The fourth-order valence-corrected chi connectivity index (χ4v) is 4.96. The van der Waals surface area contributed by atoms with Crippen LogP contribution in [0.2, 0.25) is 5.02 Å². The van der Waals surface area contributed by atoms with Crippen LogP contribution in [0, 0.1) is 0 Å². The summed E-state index contributed by atoms with van der Waals surface area (Å²) in [5, 5.41) is 4.77. The van der Waals surface area contributed by atoms with Gasteiger partial charge in [0.05, 0.1) is 22.2 Å². The zero-order valence-corrected chi connectivity index (χ0v) is 19.9. The number of sulfonamides is 1. The Kier molecular flexibility index (Phi) is 8.95. The smallest absolute Gasteiger partial charge is 0.358 e. The topological polar surface area (TPSA) is 115 Å². The van der Waals surface area contributed by atoms with Gasteiger partial charge in [-0.15, -0.1) is 11.3 Å². The Morgan fingerprint density at radius 1 is 1.29 bits per heavy atom. The van der Waals surface area contributed by atoms with Gasteiger partial charge in [-0.05, 0) is 25.1 Å². The van der Waals surface area contributed by atoms with Gasteiger partial charge in [-0.3, -0.25) is 4.79 Å². The number of ether oxygens (including phenoxy) is 2. The molecule has 0 saturated carbocycles. The van der Waals surface area contributed by atoms with E-state index in [4.69, 9.17) is 21.1 Å². The number of carbonyl (C=O) groups is 2. The molecule has 2 rings (SSSR count). The average Bonchev–Trinajstić information content (AvgIpc) is 3.19. The lowest BCUT2D eigenvalue weighted by molar-refractivity contribution is -0.123. The molecule has 0 aliphatic heterocycles. The molecule has 2 aromatic rings. The van der Waals surface area contributed by atoms with Crippen LogP contribution in [0.1, 0.15) is 36.3 Å². The molecule has 0 saturated heterocycles. The van der Waals surface area contributed by atoms with Crippen LogP contribution in [0.25, 0.3) is 0 Å². The lowest BCUT2D eigenvalue weighted by Crippen LogP contribution is -2.31. The van der Waals surface area contributed by atoms with E-state index in [9.17, 15) is 18.0 Å². The van der Waals surface area contributed by atoms with E-state index in [-0.39, 0.29) is 27.9 Å². The maximum absolute atomic E-state index is 12.7. The summed E-state index contributed by atoms with van der Waals surface area (Å²) in [6, 6.07) is 4.03. The predicted molar refractivity (Wildman–Crippen MR) is 118 cm³/mol. The minimum absolute atomic E-state index is 0.00584. The predicted octanol–water partition coefficient (Wildman–Crippen LogP) is 3.16. The van der Waals surface area contributed by atoms with E-state index in [0.29, 0.717) is 18.1 Å². The van der Waals surface area contributed by atoms with Crippen LogP contribution in [0.15, 0.2) is 28.5 Å². The molecule has 1 aromatic heterocycles. The number of rotatable bonds is 10. The zero-order valence-electron chi connectivity index (χ0n) is 17.5. The maximum Gasteiger partial charge on any atom is 0.358 e. The molecule has 0 radical (unpaired) electrons. The van der Waals surface area contributed by atoms with Gasteiger partial charge < -0.3 is 14.8 Å². The van der Waals surface area contributed by atoms with Gasteiger partial charge in [0, 0.05) is 25.6 Å². The second-order valence-electron chi connectivity index (χ2n) is 6.33. The van der Waals surface area contributed by atoms with Crippen LogP contribution >= 0.6 is 22.9 Å². The number of hydrogen-bond acceptors (Lipinski definition) is 8. The molecule has 12 heteroatoms. The number of methoxy groups -OCH3 is 1. The summed E-state index contributed by atoms with van der Waals surface area (Å²) in [5.74, 6) is -1.43. The molecular weight excluding hydrogens is 466 g/mol. The summed E-state index contributed by atoms with van der Waals surface area (Å²) in [6.45, 7) is 5.73. The van der Waals surface area contributed by atoms with Gasteiger partial charge in [-0.25, -0.2) is 18.2 Å². The van der Waals surface area contributed by atoms with E-state index in [1.165, 1.54) is 53.3 Å². The lowest BCUT2D eigenvalue weighted by Gasteiger charge is -2.19. The van der Waals surface area contributed by atoms with Gasteiger partial charge in [-0.2, -0.15) is 4.31 Å². The molecule has 0 spiro atoms. The van der Waals surface area contributed by atoms with Crippen LogP contribution < -0.4 is 5.32 Å². The quantitative estimate of drug-likeness (QED) is 0.509. The number of aromatic nitrogens is 1. The van der Waals surface area contributed by atoms with Crippen molar-refractivity contribution in [3.8, 4) is 0 Å². The van der Waals surface area contributed by atoms with Gasteiger partial charge in [-0.1, -0.05) is 25.4 Å². The third kappa shape index (κ3) is 6.23. The molecule has 0 aliphatic rings. The summed E-state index contributed by atoms with van der Waals surface area (Å²) in [6.07, 6.45) is -1.17. The van der Waals surface area contributed by atoms with Crippen LogP contribution in [-0.2, 0) is 30.9 Å². The molecule has 0 bridgehead atoms. The highest BCUT2D eigenvalue weighted by molar-refractivity contribution is 7.89. The molecule has 170 valence electrons. The normalized spacial score (nSPS) is 12.6. The van der Waals surface area contributed by atoms with Crippen LogP contribution in [0.5, 0.6) is 0 Å². The van der Waals surface area contributed by atoms with Gasteiger partial charge >= 0.3 is 5.97 Å². The van der Waals surface area contributed by atoms with Crippen LogP contribution in [0.3, 0.4) is 0 Å². The standard InChI is InChI=1S/C19H24ClN3O6S2/c1-5-23(6-2)31(26,27)13-7-8-14(20)15(9-13)22-18(24)12(3)29-19(25)16-11-30-17(21-16)10-28-4/h7-9,11-12H,5-6,10H2,1-4H3,(H,22,24). The van der Waals surface area contributed by atoms with E-state index in [0.717, 1.165) is 0 Å². The third-order valence-corrected chi connectivity index (χ3v) is 7.42. The van der Waals surface area contributed by atoms with Crippen LogP contribution in [-0.4, -0.2) is 55.9 Å². The first-order chi connectivity index (χ1) is 14.6. The summed E-state index contributed by atoms with van der Waals surface area (Å²) in [5.41, 5.74) is 0.167. The molecular formula is C19H24ClN3O6S2. The highest BCUT2D eigenvalue weighted by atomic mass is 35.5. The van der Waals surface area contributed by atoms with E-state index < -0.39 is 28.0 Å². The highest BCUT2D eigenvalue weighted by Gasteiger charge is 2.25. The van der Waals surface area contributed by atoms with Gasteiger partial charge in [0.15, 0.2) is 11.8 Å². The number of carbonyl (C=O) groups excluding carboxylic acids is 2. The van der Waals surface area contributed by atoms with Crippen molar-refractivity contribution in [3.63, 3.8) is 0 Å². The molecule has 0 aliphatic carbocycles. The van der Waals surface area contributed by atoms with Crippen molar-refractivity contribution in [3.05, 3.63) is 39.3 Å². The number of amides is 1. The van der Waals surface area contributed by atoms with Gasteiger partial charge in [0.25, 0.3) is 5.91 Å². The number of hydrogen-bond donors (Lipinski definition) is 1. The number of halogens is 1. The summed E-state index contributed by atoms with van der Waals surface area (Å²) >= 11 is 7.36. The second-order valence-corrected chi connectivity index (χ2v) is 9.62. The Morgan fingerprint density at radius 2 is 1.97 bits per heavy atom. The SMILES string of the molecule is CCN(CC)S(=O)(=O)c1ccc(Cl)c(NC(=O)C(C)OC(=O)c2csc(COC)n2)c1. The number of nitrogens with zero attached hydrogens (tertiary/aromatic N) is 2. The van der Waals surface area contributed by atoms with Crippen molar-refractivity contribution < 1.29 is 27.5 Å². The molecule has 1 aromatic carbocycles. The minimum Gasteiger partial charge on any atom is -0.448 e. The van der Waals surface area contributed by atoms with Gasteiger partial charge in [0.2, 0.25) is 10.0 Å². The molecule has 1 N–H and O–H groups in total. The number of esters is 1. The Balaban J connectivity index is 2.12. The fraction of sp³-hybridized carbons (Fsp3) is 0.421. The largest absolute Gasteiger partial charge is 0.448 e. The van der Waals surface area contributed by atoms with E-state index in [1.807, 2.05) is 0 Å².